The molecule has 4 amide bonds. The van der Waals surface area contributed by atoms with E-state index in [2.05, 4.69) is 22.5 Å². The third-order valence-electron chi connectivity index (χ3n) is 7.40. The molecule has 0 radical (unpaired) electrons. The van der Waals surface area contributed by atoms with Crippen LogP contribution in [0, 0.1) is 12.8 Å². The monoisotopic (exact) mass is 541 g/mol. The number of hydrogen-bond acceptors (Lipinski definition) is 7. The number of carbonyl (C=O) groups is 3. The molecule has 0 aliphatic carbocycles. The van der Waals surface area contributed by atoms with Gasteiger partial charge >= 0.3 is 6.03 Å². The Labute approximate surface area is 226 Å². The normalized spacial score (nSPS) is 28.7. The largest absolute Gasteiger partial charge is 0.491 e. The number of nitrogens with one attached hydrogen (secondary N) is 3. The number of nitrogens with zero attached hydrogens (tertiary/aromatic N) is 2. The zero-order chi connectivity index (χ0) is 27.1. The van der Waals surface area contributed by atoms with Gasteiger partial charge in [0.2, 0.25) is 5.91 Å². The Kier molecular flexibility index (Phi) is 7.43. The molecule has 204 valence electrons. The standard InChI is InChI=1S/C27H35N5O5S/c1-5-21(34)31-12-16(11-17(33)13-31)29-25(35)24-23-22-20(8-9-28-26(22)38-24)32(27(36)30-23)19-7-6-18(10-15(19)4)37-14(2)3/h5-7,10,14,16-17,20,22,26,28,33H,1,8-9,11-13H2,2-4H3,(H,29,35)(H,30,36)/t16-,17-,20?,22?,26?/m1/s1. The topological polar surface area (TPSA) is 123 Å². The van der Waals surface area contributed by atoms with E-state index >= 15 is 0 Å². The van der Waals surface area contributed by atoms with Crippen LogP contribution in [0.5, 0.6) is 5.75 Å². The number of β-amino-alcohol motifs (C(OH)–C–C–N with tert-alkyl or cyclic N) is 1. The molecule has 10 nitrogen and oxygen atoms in total. The Morgan fingerprint density at radius 3 is 2.82 bits per heavy atom. The predicted octanol–water partition coefficient (Wildman–Crippen LogP) is 1.84. The van der Waals surface area contributed by atoms with Crippen LogP contribution >= 0.6 is 11.8 Å². The van der Waals surface area contributed by atoms with Crippen LogP contribution < -0.4 is 25.6 Å². The van der Waals surface area contributed by atoms with Crippen molar-refractivity contribution in [2.24, 2.45) is 5.92 Å². The van der Waals surface area contributed by atoms with E-state index in [1.54, 1.807) is 0 Å². The average molecular weight is 542 g/mol. The minimum atomic E-state index is -0.732. The minimum absolute atomic E-state index is 0.0489. The van der Waals surface area contributed by atoms with Gasteiger partial charge in [-0.3, -0.25) is 14.5 Å². The van der Waals surface area contributed by atoms with Gasteiger partial charge < -0.3 is 30.7 Å². The summed E-state index contributed by atoms with van der Waals surface area (Å²) in [6.45, 7) is 10.7. The molecule has 4 aliphatic rings. The summed E-state index contributed by atoms with van der Waals surface area (Å²) in [7, 11) is 0. The van der Waals surface area contributed by atoms with E-state index in [-0.39, 0.29) is 47.8 Å². The number of anilines is 1. The third-order valence-corrected chi connectivity index (χ3v) is 8.75. The molecule has 5 rings (SSSR count). The van der Waals surface area contributed by atoms with Crippen molar-refractivity contribution in [1.29, 1.82) is 0 Å². The highest BCUT2D eigenvalue weighted by molar-refractivity contribution is 8.04. The predicted molar refractivity (Wildman–Crippen MR) is 146 cm³/mol. The zero-order valence-corrected chi connectivity index (χ0v) is 22.7. The van der Waals surface area contributed by atoms with Gasteiger partial charge in [0, 0.05) is 36.4 Å². The van der Waals surface area contributed by atoms with Crippen molar-refractivity contribution in [3.63, 3.8) is 0 Å². The maximum absolute atomic E-state index is 13.5. The molecule has 1 aromatic rings. The highest BCUT2D eigenvalue weighted by Gasteiger charge is 2.52. The first-order chi connectivity index (χ1) is 18.2. The first kappa shape index (κ1) is 26.6. The van der Waals surface area contributed by atoms with Crippen LogP contribution in [0.2, 0.25) is 0 Å². The van der Waals surface area contributed by atoms with Gasteiger partial charge in [0.1, 0.15) is 5.75 Å². The molecule has 3 unspecified atom stereocenters. The Balaban J connectivity index is 1.38. The number of benzene rings is 1. The molecule has 4 heterocycles. The number of rotatable bonds is 6. The molecule has 11 heteroatoms. The van der Waals surface area contributed by atoms with Crippen LogP contribution in [0.15, 0.2) is 41.5 Å². The second kappa shape index (κ2) is 10.6. The lowest BCUT2D eigenvalue weighted by Gasteiger charge is -2.46. The van der Waals surface area contributed by atoms with Crippen LogP contribution in [0.1, 0.15) is 32.3 Å². The molecule has 0 aromatic heterocycles. The van der Waals surface area contributed by atoms with Gasteiger partial charge in [-0.1, -0.05) is 18.3 Å². The Bertz CT molecular complexity index is 1190. The zero-order valence-electron chi connectivity index (χ0n) is 21.9. The maximum atomic E-state index is 13.5. The summed E-state index contributed by atoms with van der Waals surface area (Å²) in [5.74, 6) is 0.107. The molecular formula is C27H35N5O5S. The number of urea groups is 1. The number of aliphatic hydroxyl groups excluding tert-OH is 1. The van der Waals surface area contributed by atoms with Crippen molar-refractivity contribution in [2.75, 3.05) is 24.5 Å². The number of amides is 4. The van der Waals surface area contributed by atoms with Gasteiger partial charge in [-0.2, -0.15) is 0 Å². The SMILES string of the molecule is C=CC(=O)N1C[C@H](O)C[C@@H](NC(=O)C2=C3NC(=O)N(c4ccc(OC(C)C)cc4C)C4CCNC(S2)C34)C1. The van der Waals surface area contributed by atoms with Crippen LogP contribution in [-0.4, -0.2) is 77.2 Å². The average Bonchev–Trinajstić information content (AvgIpc) is 3.23. The number of carbonyl (C=O) groups excluding carboxylic acids is 3. The quantitative estimate of drug-likeness (QED) is 0.405. The van der Waals surface area contributed by atoms with Gasteiger partial charge in [-0.25, -0.2) is 4.79 Å². The highest BCUT2D eigenvalue weighted by atomic mass is 32.2. The fourth-order valence-corrected chi connectivity index (χ4v) is 7.28. The first-order valence-corrected chi connectivity index (χ1v) is 14.0. The van der Waals surface area contributed by atoms with Crippen molar-refractivity contribution in [3.05, 3.63) is 47.0 Å². The van der Waals surface area contributed by atoms with Gasteiger partial charge in [0.05, 0.1) is 28.5 Å². The number of ether oxygens (including phenoxy) is 1. The smallest absolute Gasteiger partial charge is 0.326 e. The number of thioether (sulfide) groups is 1. The number of piperidine rings is 2. The molecule has 0 saturated carbocycles. The second-order valence-electron chi connectivity index (χ2n) is 10.5. The van der Waals surface area contributed by atoms with E-state index in [9.17, 15) is 19.5 Å². The second-order valence-corrected chi connectivity index (χ2v) is 11.7. The summed E-state index contributed by atoms with van der Waals surface area (Å²) in [6.07, 6.45) is 1.64. The molecule has 1 aromatic carbocycles. The number of aryl methyl sites for hydroxylation is 1. The van der Waals surface area contributed by atoms with E-state index in [4.69, 9.17) is 4.74 Å². The molecule has 4 N–H and O–H groups in total. The lowest BCUT2D eigenvalue weighted by atomic mass is 9.86. The number of hydrogen-bond donors (Lipinski definition) is 4. The third kappa shape index (κ3) is 5.02. The minimum Gasteiger partial charge on any atom is -0.491 e. The molecule has 3 saturated heterocycles. The summed E-state index contributed by atoms with van der Waals surface area (Å²) >= 11 is 1.43. The van der Waals surface area contributed by atoms with Crippen LogP contribution in [0.3, 0.4) is 0 Å². The lowest BCUT2D eigenvalue weighted by Crippen LogP contribution is -2.62. The molecule has 4 aliphatic heterocycles. The summed E-state index contributed by atoms with van der Waals surface area (Å²) in [4.78, 5) is 42.8. The summed E-state index contributed by atoms with van der Waals surface area (Å²) in [5, 5.41) is 19.7. The summed E-state index contributed by atoms with van der Waals surface area (Å²) in [5.41, 5.74) is 2.41. The van der Waals surface area contributed by atoms with Gasteiger partial charge in [0.15, 0.2) is 0 Å². The Morgan fingerprint density at radius 2 is 2.11 bits per heavy atom. The van der Waals surface area contributed by atoms with Gasteiger partial charge in [-0.05, 0) is 70.0 Å². The van der Waals surface area contributed by atoms with Crippen LogP contribution in [0.25, 0.3) is 0 Å². The molecule has 3 fully saturated rings. The van der Waals surface area contributed by atoms with Crippen molar-refractivity contribution >= 4 is 35.3 Å². The van der Waals surface area contributed by atoms with Crippen LogP contribution in [-0.2, 0) is 9.59 Å². The van der Waals surface area contributed by atoms with Crippen molar-refractivity contribution in [3.8, 4) is 5.75 Å². The van der Waals surface area contributed by atoms with E-state index in [0.717, 1.165) is 30.0 Å². The Morgan fingerprint density at radius 1 is 1.32 bits per heavy atom. The lowest BCUT2D eigenvalue weighted by molar-refractivity contribution is -0.130. The van der Waals surface area contributed by atoms with E-state index < -0.39 is 12.1 Å². The number of likely N-dealkylation sites (tertiary alicyclic amines) is 1. The van der Waals surface area contributed by atoms with Crippen LogP contribution in [0.4, 0.5) is 10.5 Å². The van der Waals surface area contributed by atoms with Gasteiger partial charge in [-0.15, -0.1) is 0 Å². The summed E-state index contributed by atoms with van der Waals surface area (Å²) < 4.78 is 5.82. The summed E-state index contributed by atoms with van der Waals surface area (Å²) in [6, 6.07) is 5.01. The number of aliphatic hydroxyl groups is 1. The fourth-order valence-electron chi connectivity index (χ4n) is 5.88. The molecule has 0 bridgehead atoms. The molecule has 0 spiro atoms. The van der Waals surface area contributed by atoms with E-state index in [0.29, 0.717) is 23.6 Å². The molecular weight excluding hydrogens is 506 g/mol. The molecule has 5 atom stereocenters. The van der Waals surface area contributed by atoms with Crippen molar-refractivity contribution in [1.82, 2.24) is 20.9 Å². The van der Waals surface area contributed by atoms with E-state index in [1.807, 2.05) is 43.9 Å². The molecule has 38 heavy (non-hydrogen) atoms. The highest BCUT2D eigenvalue weighted by Crippen LogP contribution is 2.48. The van der Waals surface area contributed by atoms with Crippen molar-refractivity contribution < 1.29 is 24.2 Å². The van der Waals surface area contributed by atoms with Crippen molar-refractivity contribution in [2.45, 2.75) is 63.3 Å². The maximum Gasteiger partial charge on any atom is 0.326 e. The fraction of sp³-hybridized carbons (Fsp3) is 0.519. The van der Waals surface area contributed by atoms with E-state index in [1.165, 1.54) is 22.7 Å². The van der Waals surface area contributed by atoms with Gasteiger partial charge in [0.25, 0.3) is 5.91 Å². The Hall–Kier alpha value is -3.02. The first-order valence-electron chi connectivity index (χ1n) is 13.1.